The SMILES string of the molecule is CCNC(=NCc1cccc(C(=O)NCCN(C)C)c1)NC1CN(C(C)C)CC1C.I. The Hall–Kier alpha value is -1.39. The van der Waals surface area contributed by atoms with Gasteiger partial charge in [-0.3, -0.25) is 9.69 Å². The van der Waals surface area contributed by atoms with E-state index in [-0.39, 0.29) is 29.9 Å². The molecule has 3 N–H and O–H groups in total. The zero-order valence-electron chi connectivity index (χ0n) is 19.9. The van der Waals surface area contributed by atoms with Crippen molar-refractivity contribution in [1.82, 2.24) is 25.8 Å². The fourth-order valence-corrected chi connectivity index (χ4v) is 3.59. The second-order valence-corrected chi connectivity index (χ2v) is 8.73. The lowest BCUT2D eigenvalue weighted by Gasteiger charge is -2.22. The number of likely N-dealkylation sites (N-methyl/N-ethyl adjacent to an activating group) is 1. The summed E-state index contributed by atoms with van der Waals surface area (Å²) in [4.78, 5) is 21.7. The molecule has 7 nitrogen and oxygen atoms in total. The highest BCUT2D eigenvalue weighted by Gasteiger charge is 2.31. The average Bonchev–Trinajstić information content (AvgIpc) is 3.07. The summed E-state index contributed by atoms with van der Waals surface area (Å²) >= 11 is 0. The largest absolute Gasteiger partial charge is 0.357 e. The molecule has 1 fully saturated rings. The molecule has 0 aliphatic carbocycles. The molecule has 1 heterocycles. The van der Waals surface area contributed by atoms with Crippen molar-refractivity contribution in [3.63, 3.8) is 0 Å². The van der Waals surface area contributed by atoms with Gasteiger partial charge in [-0.2, -0.15) is 0 Å². The first-order chi connectivity index (χ1) is 14.3. The molecule has 1 aromatic carbocycles. The maximum atomic E-state index is 12.4. The van der Waals surface area contributed by atoms with E-state index in [9.17, 15) is 4.79 Å². The highest BCUT2D eigenvalue weighted by molar-refractivity contribution is 14.0. The number of halogens is 1. The fraction of sp³-hybridized carbons (Fsp3) is 0.652. The second kappa shape index (κ2) is 13.9. The number of hydrogen-bond acceptors (Lipinski definition) is 4. The normalized spacial score (nSPS) is 19.4. The number of carbonyl (C=O) groups excluding carboxylic acids is 1. The summed E-state index contributed by atoms with van der Waals surface area (Å²) in [6.07, 6.45) is 0. The van der Waals surface area contributed by atoms with Crippen LogP contribution < -0.4 is 16.0 Å². The molecular weight excluding hydrogens is 503 g/mol. The van der Waals surface area contributed by atoms with Crippen molar-refractivity contribution < 1.29 is 4.79 Å². The summed E-state index contributed by atoms with van der Waals surface area (Å²) in [6, 6.07) is 8.66. The van der Waals surface area contributed by atoms with Crippen LogP contribution in [0.15, 0.2) is 29.3 Å². The highest BCUT2D eigenvalue weighted by atomic mass is 127. The first-order valence-corrected chi connectivity index (χ1v) is 11.1. The van der Waals surface area contributed by atoms with Crippen molar-refractivity contribution in [2.45, 2.75) is 46.3 Å². The molecule has 1 amide bonds. The van der Waals surface area contributed by atoms with Gasteiger partial charge in [-0.1, -0.05) is 19.1 Å². The summed E-state index contributed by atoms with van der Waals surface area (Å²) in [7, 11) is 3.99. The van der Waals surface area contributed by atoms with E-state index >= 15 is 0 Å². The number of benzene rings is 1. The number of nitrogens with one attached hydrogen (secondary N) is 3. The van der Waals surface area contributed by atoms with Crippen LogP contribution in [0.1, 0.15) is 43.6 Å². The molecule has 2 unspecified atom stereocenters. The molecule has 2 atom stereocenters. The van der Waals surface area contributed by atoms with Crippen molar-refractivity contribution in [3.8, 4) is 0 Å². The molecule has 0 bridgehead atoms. The quantitative estimate of drug-likeness (QED) is 0.253. The minimum absolute atomic E-state index is 0. The van der Waals surface area contributed by atoms with E-state index < -0.39 is 0 Å². The van der Waals surface area contributed by atoms with Gasteiger partial charge in [-0.05, 0) is 58.5 Å². The molecule has 8 heteroatoms. The van der Waals surface area contributed by atoms with Crippen molar-refractivity contribution in [1.29, 1.82) is 0 Å². The Kier molecular flexibility index (Phi) is 12.4. The Bertz CT molecular complexity index is 709. The lowest BCUT2D eigenvalue weighted by Crippen LogP contribution is -2.46. The zero-order chi connectivity index (χ0) is 22.1. The lowest BCUT2D eigenvalue weighted by molar-refractivity contribution is 0.0951. The molecule has 31 heavy (non-hydrogen) atoms. The van der Waals surface area contributed by atoms with Crippen LogP contribution in [-0.2, 0) is 6.54 Å². The summed E-state index contributed by atoms with van der Waals surface area (Å²) in [5, 5.41) is 9.93. The third-order valence-corrected chi connectivity index (χ3v) is 5.49. The summed E-state index contributed by atoms with van der Waals surface area (Å²) in [5.74, 6) is 1.37. The monoisotopic (exact) mass is 544 g/mol. The third kappa shape index (κ3) is 9.33. The Morgan fingerprint density at radius 3 is 2.61 bits per heavy atom. The standard InChI is InChI=1S/C23H40N6O.HI/c1-7-24-23(27-21-16-29(17(2)3)15-18(21)4)26-14-19-9-8-10-20(13-19)22(30)25-11-12-28(5)6;/h8-10,13,17-18,21H,7,11-12,14-16H2,1-6H3,(H,25,30)(H2,24,26,27);1H. The fourth-order valence-electron chi connectivity index (χ4n) is 3.59. The number of guanidine groups is 1. The van der Waals surface area contributed by atoms with Crippen LogP contribution in [0.3, 0.4) is 0 Å². The van der Waals surface area contributed by atoms with Crippen LogP contribution in [0.2, 0.25) is 0 Å². The number of aliphatic imine (C=N–C) groups is 1. The van der Waals surface area contributed by atoms with Gasteiger partial charge in [0.1, 0.15) is 0 Å². The number of amides is 1. The predicted octanol–water partition coefficient (Wildman–Crippen LogP) is 2.38. The summed E-state index contributed by atoms with van der Waals surface area (Å²) in [5.41, 5.74) is 1.70. The van der Waals surface area contributed by atoms with E-state index in [4.69, 9.17) is 4.99 Å². The summed E-state index contributed by atoms with van der Waals surface area (Å²) in [6.45, 7) is 13.8. The van der Waals surface area contributed by atoms with E-state index in [0.717, 1.165) is 37.7 Å². The van der Waals surface area contributed by atoms with Gasteiger partial charge in [0.2, 0.25) is 0 Å². The molecule has 0 radical (unpaired) electrons. The van der Waals surface area contributed by atoms with Crippen LogP contribution in [0.5, 0.6) is 0 Å². The molecule has 176 valence electrons. The number of nitrogens with zero attached hydrogens (tertiary/aromatic N) is 3. The van der Waals surface area contributed by atoms with Crippen molar-refractivity contribution in [3.05, 3.63) is 35.4 Å². The van der Waals surface area contributed by atoms with Gasteiger partial charge in [0.15, 0.2) is 5.96 Å². The van der Waals surface area contributed by atoms with Crippen LogP contribution in [-0.4, -0.2) is 80.6 Å². The van der Waals surface area contributed by atoms with Crippen LogP contribution in [0.4, 0.5) is 0 Å². The molecule has 2 rings (SSSR count). The van der Waals surface area contributed by atoms with E-state index in [1.165, 1.54) is 0 Å². The van der Waals surface area contributed by atoms with E-state index in [1.54, 1.807) is 0 Å². The van der Waals surface area contributed by atoms with Crippen LogP contribution in [0.25, 0.3) is 0 Å². The van der Waals surface area contributed by atoms with Gasteiger partial charge in [0.05, 0.1) is 6.54 Å². The zero-order valence-corrected chi connectivity index (χ0v) is 22.3. The number of hydrogen-bond donors (Lipinski definition) is 3. The number of likely N-dealkylation sites (tertiary alicyclic amines) is 1. The van der Waals surface area contributed by atoms with E-state index in [2.05, 4.69) is 48.5 Å². The average molecular weight is 545 g/mol. The molecule has 0 aromatic heterocycles. The first kappa shape index (κ1) is 27.6. The molecule has 0 saturated carbocycles. The molecule has 1 aliphatic heterocycles. The minimum atomic E-state index is -0.0405. The topological polar surface area (TPSA) is 72.0 Å². The van der Waals surface area contributed by atoms with Gasteiger partial charge in [0, 0.05) is 50.4 Å². The number of rotatable bonds is 9. The van der Waals surface area contributed by atoms with Crippen molar-refractivity contribution in [2.75, 3.05) is 46.8 Å². The molecule has 1 saturated heterocycles. The number of carbonyl (C=O) groups is 1. The smallest absolute Gasteiger partial charge is 0.251 e. The third-order valence-electron chi connectivity index (χ3n) is 5.49. The van der Waals surface area contributed by atoms with Crippen LogP contribution in [0, 0.1) is 5.92 Å². The van der Waals surface area contributed by atoms with Gasteiger partial charge in [-0.15, -0.1) is 24.0 Å². The maximum Gasteiger partial charge on any atom is 0.251 e. The van der Waals surface area contributed by atoms with Crippen molar-refractivity contribution in [2.24, 2.45) is 10.9 Å². The van der Waals surface area contributed by atoms with Gasteiger partial charge in [0.25, 0.3) is 5.91 Å². The van der Waals surface area contributed by atoms with Gasteiger partial charge < -0.3 is 20.9 Å². The molecule has 1 aromatic rings. The maximum absolute atomic E-state index is 12.4. The van der Waals surface area contributed by atoms with Gasteiger partial charge in [-0.25, -0.2) is 4.99 Å². The van der Waals surface area contributed by atoms with E-state index in [0.29, 0.717) is 36.7 Å². The Morgan fingerprint density at radius 2 is 2.00 bits per heavy atom. The molecule has 1 aliphatic rings. The van der Waals surface area contributed by atoms with E-state index in [1.807, 2.05) is 43.3 Å². The Morgan fingerprint density at radius 1 is 1.26 bits per heavy atom. The van der Waals surface area contributed by atoms with Crippen molar-refractivity contribution >= 4 is 35.8 Å². The Balaban J connectivity index is 0.00000480. The highest BCUT2D eigenvalue weighted by Crippen LogP contribution is 2.18. The second-order valence-electron chi connectivity index (χ2n) is 8.73. The van der Waals surface area contributed by atoms with Crippen LogP contribution >= 0.6 is 24.0 Å². The molecule has 0 spiro atoms. The first-order valence-electron chi connectivity index (χ1n) is 11.1. The lowest BCUT2D eigenvalue weighted by atomic mass is 10.1. The predicted molar refractivity (Wildman–Crippen MR) is 140 cm³/mol. The summed E-state index contributed by atoms with van der Waals surface area (Å²) < 4.78 is 0. The van der Waals surface area contributed by atoms with Gasteiger partial charge >= 0.3 is 0 Å². The molecular formula is C23H41IN6O. The minimum Gasteiger partial charge on any atom is -0.357 e. The Labute approximate surface area is 205 Å².